The standard InChI is InChI=1S/C21H21N5O2/c1-14-3-8-19-15(11-14)12-16(13-22)20(26-19)23-9-10-24-21(27)25-17-4-6-18(28-2)7-5-17/h3-8,11-12H,9-10H2,1-2H3,(H,23,26)(H2,24,25,27). The fourth-order valence-electron chi connectivity index (χ4n) is 2.72. The number of aryl methyl sites for hydroxylation is 1. The molecule has 2 aromatic carbocycles. The second-order valence-corrected chi connectivity index (χ2v) is 6.23. The third kappa shape index (κ3) is 4.68. The van der Waals surface area contributed by atoms with Crippen LogP contribution in [-0.2, 0) is 0 Å². The molecule has 0 saturated heterocycles. The Balaban J connectivity index is 1.53. The van der Waals surface area contributed by atoms with Gasteiger partial charge in [-0.3, -0.25) is 0 Å². The number of rotatable bonds is 6. The van der Waals surface area contributed by atoms with Crippen LogP contribution in [0, 0.1) is 18.3 Å². The van der Waals surface area contributed by atoms with E-state index in [4.69, 9.17) is 4.74 Å². The minimum absolute atomic E-state index is 0.311. The third-order valence-electron chi connectivity index (χ3n) is 4.14. The summed E-state index contributed by atoms with van der Waals surface area (Å²) in [7, 11) is 1.59. The van der Waals surface area contributed by atoms with Crippen molar-refractivity contribution in [1.29, 1.82) is 5.26 Å². The van der Waals surface area contributed by atoms with E-state index in [1.54, 1.807) is 31.4 Å². The second-order valence-electron chi connectivity index (χ2n) is 6.23. The number of amides is 2. The lowest BCUT2D eigenvalue weighted by molar-refractivity contribution is 0.252. The monoisotopic (exact) mass is 375 g/mol. The van der Waals surface area contributed by atoms with Crippen molar-refractivity contribution < 1.29 is 9.53 Å². The number of methoxy groups -OCH3 is 1. The lowest BCUT2D eigenvalue weighted by atomic mass is 10.1. The highest BCUT2D eigenvalue weighted by atomic mass is 16.5. The van der Waals surface area contributed by atoms with Crippen LogP contribution in [0.2, 0.25) is 0 Å². The Kier molecular flexibility index (Phi) is 5.92. The zero-order valence-electron chi connectivity index (χ0n) is 15.7. The number of benzene rings is 2. The first-order valence-electron chi connectivity index (χ1n) is 8.83. The van der Waals surface area contributed by atoms with E-state index in [0.29, 0.717) is 30.2 Å². The van der Waals surface area contributed by atoms with E-state index in [1.807, 2.05) is 31.2 Å². The van der Waals surface area contributed by atoms with Crippen LogP contribution in [0.15, 0.2) is 48.5 Å². The number of aromatic nitrogens is 1. The van der Waals surface area contributed by atoms with Crippen LogP contribution in [0.5, 0.6) is 5.75 Å². The van der Waals surface area contributed by atoms with Crippen LogP contribution in [0.1, 0.15) is 11.1 Å². The molecule has 0 aliphatic rings. The van der Waals surface area contributed by atoms with Gasteiger partial charge in [0.1, 0.15) is 17.6 Å². The highest BCUT2D eigenvalue weighted by Crippen LogP contribution is 2.21. The van der Waals surface area contributed by atoms with E-state index < -0.39 is 0 Å². The minimum atomic E-state index is -0.311. The van der Waals surface area contributed by atoms with Gasteiger partial charge in [-0.2, -0.15) is 5.26 Å². The van der Waals surface area contributed by atoms with Crippen LogP contribution in [0.4, 0.5) is 16.3 Å². The predicted molar refractivity (Wildman–Crippen MR) is 110 cm³/mol. The molecule has 28 heavy (non-hydrogen) atoms. The number of hydrogen-bond donors (Lipinski definition) is 3. The van der Waals surface area contributed by atoms with Crippen molar-refractivity contribution in [3.63, 3.8) is 0 Å². The number of fused-ring (bicyclic) bond motifs is 1. The van der Waals surface area contributed by atoms with Gasteiger partial charge >= 0.3 is 6.03 Å². The third-order valence-corrected chi connectivity index (χ3v) is 4.14. The molecule has 1 heterocycles. The molecular weight excluding hydrogens is 354 g/mol. The lowest BCUT2D eigenvalue weighted by Gasteiger charge is -2.11. The van der Waals surface area contributed by atoms with E-state index >= 15 is 0 Å². The average molecular weight is 375 g/mol. The Morgan fingerprint density at radius 3 is 2.64 bits per heavy atom. The largest absolute Gasteiger partial charge is 0.497 e. The molecule has 7 nitrogen and oxygen atoms in total. The van der Waals surface area contributed by atoms with Crippen molar-refractivity contribution in [2.45, 2.75) is 6.92 Å². The zero-order chi connectivity index (χ0) is 19.9. The first kappa shape index (κ1) is 19.0. The number of nitrogens with zero attached hydrogens (tertiary/aromatic N) is 2. The molecule has 0 fully saturated rings. The van der Waals surface area contributed by atoms with Gasteiger partial charge in [-0.05, 0) is 49.4 Å². The number of ether oxygens (including phenoxy) is 1. The number of pyridine rings is 1. The van der Waals surface area contributed by atoms with Gasteiger partial charge in [-0.25, -0.2) is 9.78 Å². The number of hydrogen-bond acceptors (Lipinski definition) is 5. The van der Waals surface area contributed by atoms with Crippen LogP contribution >= 0.6 is 0 Å². The van der Waals surface area contributed by atoms with Crippen LogP contribution in [0.25, 0.3) is 10.9 Å². The van der Waals surface area contributed by atoms with Gasteiger partial charge in [-0.15, -0.1) is 0 Å². The molecule has 0 unspecified atom stereocenters. The van der Waals surface area contributed by atoms with Crippen molar-refractivity contribution in [3.05, 3.63) is 59.7 Å². The number of nitriles is 1. The molecule has 0 aliphatic heterocycles. The number of urea groups is 1. The molecule has 0 atom stereocenters. The van der Waals surface area contributed by atoms with E-state index in [-0.39, 0.29) is 6.03 Å². The van der Waals surface area contributed by atoms with Crippen molar-refractivity contribution in [2.75, 3.05) is 30.8 Å². The van der Waals surface area contributed by atoms with Crippen molar-refractivity contribution in [2.24, 2.45) is 0 Å². The average Bonchev–Trinajstić information content (AvgIpc) is 2.71. The summed E-state index contributed by atoms with van der Waals surface area (Å²) >= 11 is 0. The fraction of sp³-hybridized carbons (Fsp3) is 0.190. The predicted octanol–water partition coefficient (Wildman–Crippen LogP) is 3.66. The maximum absolute atomic E-state index is 12.0. The molecule has 7 heteroatoms. The molecule has 3 aromatic rings. The normalized spacial score (nSPS) is 10.2. The molecule has 2 amide bonds. The first-order valence-corrected chi connectivity index (χ1v) is 8.83. The maximum Gasteiger partial charge on any atom is 0.319 e. The summed E-state index contributed by atoms with van der Waals surface area (Å²) < 4.78 is 5.08. The smallest absolute Gasteiger partial charge is 0.319 e. The Labute approximate surface area is 163 Å². The van der Waals surface area contributed by atoms with E-state index in [1.165, 1.54) is 0 Å². The van der Waals surface area contributed by atoms with Gasteiger partial charge < -0.3 is 20.7 Å². The molecular formula is C21H21N5O2. The van der Waals surface area contributed by atoms with Crippen molar-refractivity contribution in [1.82, 2.24) is 10.3 Å². The Hall–Kier alpha value is -3.79. The molecule has 1 aromatic heterocycles. The quantitative estimate of drug-likeness (QED) is 0.571. The number of carbonyl (C=O) groups is 1. The van der Waals surface area contributed by atoms with Crippen LogP contribution in [-0.4, -0.2) is 31.2 Å². The summed E-state index contributed by atoms with van der Waals surface area (Å²) in [5.41, 5.74) is 3.08. The molecule has 0 spiro atoms. The van der Waals surface area contributed by atoms with Crippen LogP contribution < -0.4 is 20.7 Å². The Bertz CT molecular complexity index is 1030. The fourth-order valence-corrected chi connectivity index (χ4v) is 2.72. The summed E-state index contributed by atoms with van der Waals surface area (Å²) in [5, 5.41) is 18.9. The number of anilines is 2. The molecule has 0 radical (unpaired) electrons. The second kappa shape index (κ2) is 8.73. The van der Waals surface area contributed by atoms with Gasteiger partial charge in [0.15, 0.2) is 0 Å². The maximum atomic E-state index is 12.0. The topological polar surface area (TPSA) is 99.1 Å². The Morgan fingerprint density at radius 2 is 1.93 bits per heavy atom. The summed E-state index contributed by atoms with van der Waals surface area (Å²) in [6.45, 7) is 2.82. The SMILES string of the molecule is COc1ccc(NC(=O)NCCNc2nc3ccc(C)cc3cc2C#N)cc1. The highest BCUT2D eigenvalue weighted by molar-refractivity contribution is 5.89. The summed E-state index contributed by atoms with van der Waals surface area (Å²) in [4.78, 5) is 16.5. The Morgan fingerprint density at radius 1 is 1.14 bits per heavy atom. The van der Waals surface area contributed by atoms with Gasteiger partial charge in [-0.1, -0.05) is 11.6 Å². The molecule has 0 bridgehead atoms. The molecule has 3 N–H and O–H groups in total. The van der Waals surface area contributed by atoms with Crippen LogP contribution in [0.3, 0.4) is 0 Å². The van der Waals surface area contributed by atoms with Gasteiger partial charge in [0.25, 0.3) is 0 Å². The zero-order valence-corrected chi connectivity index (χ0v) is 15.7. The molecule has 3 rings (SSSR count). The van der Waals surface area contributed by atoms with E-state index in [9.17, 15) is 10.1 Å². The van der Waals surface area contributed by atoms with Gasteiger partial charge in [0.05, 0.1) is 18.2 Å². The van der Waals surface area contributed by atoms with E-state index in [2.05, 4.69) is 27.0 Å². The number of nitrogens with one attached hydrogen (secondary N) is 3. The summed E-state index contributed by atoms with van der Waals surface area (Å²) in [6.07, 6.45) is 0. The summed E-state index contributed by atoms with van der Waals surface area (Å²) in [6, 6.07) is 16.6. The molecule has 0 saturated carbocycles. The molecule has 142 valence electrons. The first-order chi connectivity index (χ1) is 13.6. The highest BCUT2D eigenvalue weighted by Gasteiger charge is 2.07. The van der Waals surface area contributed by atoms with Crippen molar-refractivity contribution in [3.8, 4) is 11.8 Å². The lowest BCUT2D eigenvalue weighted by Crippen LogP contribution is -2.32. The van der Waals surface area contributed by atoms with Crippen molar-refractivity contribution >= 4 is 28.4 Å². The van der Waals surface area contributed by atoms with E-state index in [0.717, 1.165) is 22.2 Å². The minimum Gasteiger partial charge on any atom is -0.497 e. The molecule has 0 aliphatic carbocycles. The summed E-state index contributed by atoms with van der Waals surface area (Å²) in [5.74, 6) is 1.23. The van der Waals surface area contributed by atoms with Gasteiger partial charge in [0, 0.05) is 24.2 Å². The van der Waals surface area contributed by atoms with Gasteiger partial charge in [0.2, 0.25) is 0 Å². The number of carbonyl (C=O) groups excluding carboxylic acids is 1.